The molecular weight excluding hydrogens is 324 g/mol. The number of ether oxygens (including phenoxy) is 1. The molecule has 0 aromatic carbocycles. The Morgan fingerprint density at radius 3 is 2.24 bits per heavy atom. The largest absolute Gasteiger partial charge is 0.455 e. The minimum absolute atomic E-state index is 0.366. The van der Waals surface area contributed by atoms with Crippen molar-refractivity contribution in [2.75, 3.05) is 6.61 Å². The Labute approximate surface area is 147 Å². The maximum Gasteiger partial charge on any atom is 0.321 e. The summed E-state index contributed by atoms with van der Waals surface area (Å²) in [4.78, 5) is 36.1. The summed E-state index contributed by atoms with van der Waals surface area (Å²) in [5.74, 6) is -0.333. The molecule has 3 N–H and O–H groups in total. The summed E-state index contributed by atoms with van der Waals surface area (Å²) in [6.45, 7) is 4.92. The first kappa shape index (κ1) is 18.2. The summed E-state index contributed by atoms with van der Waals surface area (Å²) in [5, 5.41) is 15.4. The average molecular weight is 352 g/mol. The van der Waals surface area contributed by atoms with E-state index in [1.165, 1.54) is 0 Å². The molecule has 0 aromatic rings. The molecule has 4 aliphatic rings. The number of carbonyl (C=O) groups is 3. The number of urea groups is 1. The molecule has 4 saturated carbocycles. The molecule has 4 fully saturated rings. The third-order valence-corrected chi connectivity index (χ3v) is 5.54. The number of aliphatic hydroxyl groups is 1. The van der Waals surface area contributed by atoms with Crippen LogP contribution in [0.15, 0.2) is 0 Å². The Hall–Kier alpha value is -1.63. The van der Waals surface area contributed by atoms with Crippen LogP contribution in [-0.2, 0) is 14.3 Å². The summed E-state index contributed by atoms with van der Waals surface area (Å²) in [6.07, 6.45) is 4.51. The van der Waals surface area contributed by atoms with Gasteiger partial charge >= 0.3 is 12.0 Å². The fourth-order valence-electron chi connectivity index (χ4n) is 5.27. The Balaban J connectivity index is 1.53. The molecule has 0 radical (unpaired) electrons. The van der Waals surface area contributed by atoms with E-state index in [9.17, 15) is 19.5 Å². The van der Waals surface area contributed by atoms with Gasteiger partial charge in [0.25, 0.3) is 5.91 Å². The lowest BCUT2D eigenvalue weighted by molar-refractivity contribution is -0.196. The van der Waals surface area contributed by atoms with Crippen molar-refractivity contribution >= 4 is 17.9 Å². The number of amides is 3. The van der Waals surface area contributed by atoms with E-state index in [-0.39, 0.29) is 0 Å². The first-order valence-electron chi connectivity index (χ1n) is 9.00. The maximum atomic E-state index is 12.6. The van der Waals surface area contributed by atoms with Gasteiger partial charge in [0, 0.05) is 5.54 Å². The Morgan fingerprint density at radius 1 is 1.12 bits per heavy atom. The third-order valence-electron chi connectivity index (χ3n) is 5.54. The van der Waals surface area contributed by atoms with Crippen LogP contribution in [0.2, 0.25) is 0 Å². The van der Waals surface area contributed by atoms with Crippen molar-refractivity contribution in [3.63, 3.8) is 0 Å². The van der Waals surface area contributed by atoms with E-state index in [2.05, 4.69) is 10.6 Å². The van der Waals surface area contributed by atoms with Gasteiger partial charge in [-0.1, -0.05) is 0 Å². The Bertz CT molecular complexity index is 581. The summed E-state index contributed by atoms with van der Waals surface area (Å²) < 4.78 is 5.22. The van der Waals surface area contributed by atoms with E-state index in [4.69, 9.17) is 4.74 Å². The second-order valence-corrected chi connectivity index (χ2v) is 9.29. The van der Waals surface area contributed by atoms with Crippen LogP contribution in [-0.4, -0.2) is 40.8 Å². The van der Waals surface area contributed by atoms with Crippen molar-refractivity contribution < 1.29 is 24.2 Å². The lowest BCUT2D eigenvalue weighted by Crippen LogP contribution is -2.58. The number of hydrogen-bond donors (Lipinski definition) is 3. The summed E-state index contributed by atoms with van der Waals surface area (Å²) >= 11 is 0. The lowest BCUT2D eigenvalue weighted by atomic mass is 9.48. The minimum atomic E-state index is -0.752. The molecule has 7 nitrogen and oxygen atoms in total. The van der Waals surface area contributed by atoms with Gasteiger partial charge < -0.3 is 15.2 Å². The second-order valence-electron chi connectivity index (χ2n) is 9.29. The molecule has 4 rings (SSSR count). The third kappa shape index (κ3) is 3.97. The van der Waals surface area contributed by atoms with E-state index in [1.807, 2.05) is 0 Å². The van der Waals surface area contributed by atoms with Crippen LogP contribution in [0.4, 0.5) is 4.79 Å². The molecule has 4 bridgehead atoms. The monoisotopic (exact) mass is 352 g/mol. The van der Waals surface area contributed by atoms with E-state index in [0.717, 1.165) is 32.1 Å². The molecule has 3 amide bonds. The zero-order valence-electron chi connectivity index (χ0n) is 15.2. The zero-order valence-corrected chi connectivity index (χ0v) is 15.2. The van der Waals surface area contributed by atoms with Gasteiger partial charge in [0.1, 0.15) is 0 Å². The van der Waals surface area contributed by atoms with Crippen molar-refractivity contribution in [3.05, 3.63) is 0 Å². The quantitative estimate of drug-likeness (QED) is 0.668. The van der Waals surface area contributed by atoms with Gasteiger partial charge in [-0.2, -0.15) is 0 Å². The van der Waals surface area contributed by atoms with Crippen LogP contribution >= 0.6 is 0 Å². The topological polar surface area (TPSA) is 105 Å². The van der Waals surface area contributed by atoms with Crippen LogP contribution in [0.1, 0.15) is 59.3 Å². The number of esters is 1. The molecule has 0 aromatic heterocycles. The number of nitrogens with one attached hydrogen (secondary N) is 2. The molecule has 25 heavy (non-hydrogen) atoms. The summed E-state index contributed by atoms with van der Waals surface area (Å²) in [5.41, 5.74) is -1.87. The fourth-order valence-corrected chi connectivity index (χ4v) is 5.27. The van der Waals surface area contributed by atoms with Crippen LogP contribution in [0.5, 0.6) is 0 Å². The molecule has 140 valence electrons. The highest BCUT2D eigenvalue weighted by molar-refractivity contribution is 5.96. The first-order chi connectivity index (χ1) is 11.5. The molecule has 0 saturated heterocycles. The van der Waals surface area contributed by atoms with E-state index in [1.54, 1.807) is 20.8 Å². The summed E-state index contributed by atoms with van der Waals surface area (Å²) in [6, 6.07) is -0.613. The zero-order chi connectivity index (χ0) is 18.5. The van der Waals surface area contributed by atoms with Gasteiger partial charge in [-0.3, -0.25) is 14.9 Å². The number of carbonyl (C=O) groups excluding carboxylic acids is 3. The van der Waals surface area contributed by atoms with Gasteiger partial charge in [0.15, 0.2) is 6.61 Å². The van der Waals surface area contributed by atoms with Gasteiger partial charge in [0.2, 0.25) is 0 Å². The number of hydrogen-bond acceptors (Lipinski definition) is 5. The molecule has 7 heteroatoms. The number of rotatable bonds is 3. The Kier molecular flexibility index (Phi) is 4.34. The van der Waals surface area contributed by atoms with Crippen LogP contribution in [0, 0.1) is 17.3 Å². The second kappa shape index (κ2) is 5.97. The highest BCUT2D eigenvalue weighted by Crippen LogP contribution is 2.61. The minimum Gasteiger partial charge on any atom is -0.455 e. The molecule has 0 aliphatic heterocycles. The smallest absolute Gasteiger partial charge is 0.321 e. The standard InChI is InChI=1S/C18H28N2O5/c1-16(2,3)20-15(23)19-13(21)9-25-14(22)17-5-11-4-12(6-17)8-18(24,7-11)10-17/h11-12,24H,4-10H2,1-3H3,(H2,19,20,21,23)/t11-,12-,17?,18?/m0/s1. The summed E-state index contributed by atoms with van der Waals surface area (Å²) in [7, 11) is 0. The molecule has 0 spiro atoms. The van der Waals surface area contributed by atoms with Crippen molar-refractivity contribution in [3.8, 4) is 0 Å². The maximum absolute atomic E-state index is 12.6. The van der Waals surface area contributed by atoms with Gasteiger partial charge in [-0.25, -0.2) is 4.79 Å². The highest BCUT2D eigenvalue weighted by atomic mass is 16.5. The van der Waals surface area contributed by atoms with Crippen molar-refractivity contribution in [1.29, 1.82) is 0 Å². The molecule has 0 heterocycles. The predicted molar refractivity (Wildman–Crippen MR) is 89.5 cm³/mol. The van der Waals surface area contributed by atoms with Crippen LogP contribution in [0.3, 0.4) is 0 Å². The van der Waals surface area contributed by atoms with E-state index < -0.39 is 41.1 Å². The van der Waals surface area contributed by atoms with Crippen molar-refractivity contribution in [1.82, 2.24) is 10.6 Å². The van der Waals surface area contributed by atoms with Crippen LogP contribution < -0.4 is 10.6 Å². The SMILES string of the molecule is CC(C)(C)NC(=O)NC(=O)COC(=O)C12C[C@@H]3C[C@H](CC(O)(C3)C1)C2. The van der Waals surface area contributed by atoms with Gasteiger partial charge in [-0.05, 0) is 71.1 Å². The van der Waals surface area contributed by atoms with Gasteiger partial charge in [0.05, 0.1) is 11.0 Å². The number of imide groups is 1. The highest BCUT2D eigenvalue weighted by Gasteiger charge is 2.60. The predicted octanol–water partition coefficient (Wildman–Crippen LogP) is 1.49. The van der Waals surface area contributed by atoms with Crippen LogP contribution in [0.25, 0.3) is 0 Å². The Morgan fingerprint density at radius 2 is 1.72 bits per heavy atom. The average Bonchev–Trinajstić information content (AvgIpc) is 2.39. The molecule has 0 unspecified atom stereocenters. The van der Waals surface area contributed by atoms with E-state index >= 15 is 0 Å². The van der Waals surface area contributed by atoms with Crippen molar-refractivity contribution in [2.24, 2.45) is 17.3 Å². The molecule has 2 atom stereocenters. The molecule has 4 aliphatic carbocycles. The fraction of sp³-hybridized carbons (Fsp3) is 0.833. The van der Waals surface area contributed by atoms with Crippen molar-refractivity contribution in [2.45, 2.75) is 70.4 Å². The first-order valence-corrected chi connectivity index (χ1v) is 9.00. The van der Waals surface area contributed by atoms with E-state index in [0.29, 0.717) is 18.3 Å². The normalized spacial score (nSPS) is 36.0. The molecular formula is C18H28N2O5. The van der Waals surface area contributed by atoms with Gasteiger partial charge in [-0.15, -0.1) is 0 Å². The lowest BCUT2D eigenvalue weighted by Gasteiger charge is -2.58.